The fourth-order valence-electron chi connectivity index (χ4n) is 7.58. The lowest BCUT2D eigenvalue weighted by atomic mass is 9.47. The zero-order valence-electron chi connectivity index (χ0n) is 19.4. The van der Waals surface area contributed by atoms with Crippen molar-refractivity contribution in [3.63, 3.8) is 0 Å². The van der Waals surface area contributed by atoms with Crippen molar-refractivity contribution in [2.75, 3.05) is 6.54 Å². The number of rotatable bonds is 5. The Hall–Kier alpha value is -2.11. The number of fused-ring (bicyclic) bond motifs is 5. The number of ketones is 3. The lowest BCUT2D eigenvalue weighted by Crippen LogP contribution is -2.57. The molecule has 1 amide bonds. The van der Waals surface area contributed by atoms with Gasteiger partial charge in [0.1, 0.15) is 12.0 Å². The molecule has 0 radical (unpaired) electrons. The van der Waals surface area contributed by atoms with Gasteiger partial charge in [-0.1, -0.05) is 40.2 Å². The number of Topliss-reactive ketones (excluding diaryl/α,β-unsaturated/α-hetero) is 2. The number of unbranched alkanes of at least 4 members (excludes halogenated alkanes) is 1. The van der Waals surface area contributed by atoms with Gasteiger partial charge < -0.3 is 5.32 Å². The molecule has 0 heterocycles. The molecule has 6 heteroatoms. The Labute approximate surface area is 189 Å². The van der Waals surface area contributed by atoms with Crippen molar-refractivity contribution in [1.29, 1.82) is 0 Å². The molecule has 3 fully saturated rings. The van der Waals surface area contributed by atoms with Crippen LogP contribution < -0.4 is 5.32 Å². The van der Waals surface area contributed by atoms with Crippen LogP contribution in [0, 0.1) is 40.4 Å². The topological polar surface area (TPSA) is 80.3 Å². The van der Waals surface area contributed by atoms with Crippen molar-refractivity contribution in [3.8, 4) is 0 Å². The van der Waals surface area contributed by atoms with E-state index in [1.165, 1.54) is 12.2 Å². The van der Waals surface area contributed by atoms with Gasteiger partial charge in [-0.25, -0.2) is 4.39 Å². The van der Waals surface area contributed by atoms with Gasteiger partial charge >= 0.3 is 0 Å². The maximum Gasteiger partial charge on any atom is 0.287 e. The van der Waals surface area contributed by atoms with E-state index in [4.69, 9.17) is 0 Å². The van der Waals surface area contributed by atoms with Gasteiger partial charge in [-0.15, -0.1) is 0 Å². The van der Waals surface area contributed by atoms with E-state index in [1.54, 1.807) is 6.08 Å². The van der Waals surface area contributed by atoms with Crippen molar-refractivity contribution < 1.29 is 23.6 Å². The Balaban J connectivity index is 1.66. The van der Waals surface area contributed by atoms with E-state index >= 15 is 4.39 Å². The molecular formula is C26H34FNO4. The maximum absolute atomic E-state index is 15.4. The van der Waals surface area contributed by atoms with Crippen molar-refractivity contribution in [2.45, 2.75) is 66.0 Å². The normalized spacial score (nSPS) is 42.6. The highest BCUT2D eigenvalue weighted by Crippen LogP contribution is 2.66. The number of carbonyl (C=O) groups is 4. The fraction of sp³-hybridized carbons (Fsp3) is 0.692. The van der Waals surface area contributed by atoms with E-state index in [2.05, 4.69) is 5.32 Å². The smallest absolute Gasteiger partial charge is 0.287 e. The third-order valence-corrected chi connectivity index (χ3v) is 8.90. The lowest BCUT2D eigenvalue weighted by molar-refractivity contribution is -0.151. The van der Waals surface area contributed by atoms with Gasteiger partial charge in [0.05, 0.1) is 0 Å². The molecule has 1 N–H and O–H groups in total. The molecule has 32 heavy (non-hydrogen) atoms. The van der Waals surface area contributed by atoms with E-state index in [0.29, 0.717) is 18.5 Å². The zero-order valence-corrected chi connectivity index (χ0v) is 19.4. The predicted octanol–water partition coefficient (Wildman–Crippen LogP) is 3.77. The molecule has 0 saturated heterocycles. The summed E-state index contributed by atoms with van der Waals surface area (Å²) >= 11 is 0. The number of allylic oxidation sites excluding steroid dienone is 4. The molecule has 0 aliphatic heterocycles. The minimum atomic E-state index is -1.28. The molecule has 4 aliphatic rings. The monoisotopic (exact) mass is 443 g/mol. The molecule has 4 aliphatic carbocycles. The number of hydrogen-bond donors (Lipinski definition) is 1. The minimum Gasteiger partial charge on any atom is -0.349 e. The molecule has 5 nitrogen and oxygen atoms in total. The highest BCUT2D eigenvalue weighted by atomic mass is 19.1. The average Bonchev–Trinajstić information content (AvgIpc) is 2.98. The van der Waals surface area contributed by atoms with Gasteiger partial charge in [0.15, 0.2) is 5.78 Å². The van der Waals surface area contributed by atoms with Crippen molar-refractivity contribution in [1.82, 2.24) is 5.32 Å². The van der Waals surface area contributed by atoms with Crippen molar-refractivity contribution >= 4 is 23.3 Å². The quantitative estimate of drug-likeness (QED) is 0.518. The standard InChI is InChI=1S/C26H34FNO4/c1-5-6-9-28-24(32)23(31)21-14(2)10-17-16-12-19(27)18-11-15(29)7-8-25(18,3)22(16)20(30)13-26(17,21)4/h7-8,11,14,16-17,19,21-22H,5-6,9-10,12-13H2,1-4H3,(H,28,32)/t14-,16+,17+,19+,21-,22-,25+,26+/m1/s1. The van der Waals surface area contributed by atoms with Gasteiger partial charge in [0.25, 0.3) is 5.91 Å². The molecule has 0 unspecified atom stereocenters. The largest absolute Gasteiger partial charge is 0.349 e. The molecule has 3 saturated carbocycles. The van der Waals surface area contributed by atoms with Crippen LogP contribution in [-0.4, -0.2) is 36.0 Å². The summed E-state index contributed by atoms with van der Waals surface area (Å²) in [7, 11) is 0. The van der Waals surface area contributed by atoms with Gasteiger partial charge in [-0.3, -0.25) is 19.2 Å². The Morgan fingerprint density at radius 3 is 2.62 bits per heavy atom. The number of carbonyl (C=O) groups excluding carboxylic acids is 4. The number of amides is 1. The van der Waals surface area contributed by atoms with Gasteiger partial charge in [-0.05, 0) is 60.2 Å². The van der Waals surface area contributed by atoms with E-state index in [0.717, 1.165) is 12.8 Å². The highest BCUT2D eigenvalue weighted by Gasteiger charge is 2.66. The SMILES string of the molecule is CCCCNC(=O)C(=O)[C@H]1[C@H](C)C[C@H]2[C@@H]3C[C@H](F)C4=CC(=O)C=C[C@]4(C)[C@H]3C(=O)C[C@@]21C. The molecule has 4 rings (SSSR count). The fourth-order valence-corrected chi connectivity index (χ4v) is 7.58. The highest BCUT2D eigenvalue weighted by molar-refractivity contribution is 6.37. The molecule has 174 valence electrons. The zero-order chi connectivity index (χ0) is 23.4. The van der Waals surface area contributed by atoms with E-state index in [9.17, 15) is 19.2 Å². The molecular weight excluding hydrogens is 409 g/mol. The lowest BCUT2D eigenvalue weighted by Gasteiger charge is -2.56. The van der Waals surface area contributed by atoms with Crippen LogP contribution in [0.3, 0.4) is 0 Å². The van der Waals surface area contributed by atoms with Crippen LogP contribution >= 0.6 is 0 Å². The molecule has 0 aromatic carbocycles. The van der Waals surface area contributed by atoms with Gasteiger partial charge in [0, 0.05) is 30.2 Å². The number of hydrogen-bond acceptors (Lipinski definition) is 4. The maximum atomic E-state index is 15.4. The minimum absolute atomic E-state index is 0.0137. The second-order valence-electron chi connectivity index (χ2n) is 10.9. The summed E-state index contributed by atoms with van der Waals surface area (Å²) in [5.41, 5.74) is -1.04. The van der Waals surface area contributed by atoms with Crippen molar-refractivity contribution in [3.05, 3.63) is 23.8 Å². The summed E-state index contributed by atoms with van der Waals surface area (Å²) < 4.78 is 15.4. The predicted molar refractivity (Wildman–Crippen MR) is 118 cm³/mol. The summed E-state index contributed by atoms with van der Waals surface area (Å²) in [6, 6.07) is 0. The molecule has 8 atom stereocenters. The van der Waals surface area contributed by atoms with E-state index in [-0.39, 0.29) is 42.2 Å². The molecule has 0 bridgehead atoms. The Bertz CT molecular complexity index is 923. The summed E-state index contributed by atoms with van der Waals surface area (Å²) in [6.45, 7) is 8.29. The second-order valence-corrected chi connectivity index (χ2v) is 10.9. The number of alkyl halides is 1. The Morgan fingerprint density at radius 2 is 1.94 bits per heavy atom. The van der Waals surface area contributed by atoms with Crippen LogP contribution in [-0.2, 0) is 19.2 Å². The van der Waals surface area contributed by atoms with Gasteiger partial charge in [-0.2, -0.15) is 0 Å². The third-order valence-electron chi connectivity index (χ3n) is 8.90. The summed E-state index contributed by atoms with van der Waals surface area (Å²) in [4.78, 5) is 51.3. The van der Waals surface area contributed by atoms with E-state index < -0.39 is 40.5 Å². The second kappa shape index (κ2) is 8.03. The van der Waals surface area contributed by atoms with Crippen LogP contribution in [0.5, 0.6) is 0 Å². The first-order valence-electron chi connectivity index (χ1n) is 12.0. The van der Waals surface area contributed by atoms with Gasteiger partial charge in [0.2, 0.25) is 5.78 Å². The first-order chi connectivity index (χ1) is 15.0. The van der Waals surface area contributed by atoms with Crippen LogP contribution in [0.1, 0.15) is 59.8 Å². The number of nitrogens with one attached hydrogen (secondary N) is 1. The molecule has 0 aromatic rings. The number of halogens is 1. The molecule has 0 spiro atoms. The Kier molecular flexibility index (Phi) is 5.79. The van der Waals surface area contributed by atoms with Crippen LogP contribution in [0.2, 0.25) is 0 Å². The van der Waals surface area contributed by atoms with Crippen LogP contribution in [0.25, 0.3) is 0 Å². The third kappa shape index (κ3) is 3.32. The summed E-state index contributed by atoms with van der Waals surface area (Å²) in [5, 5.41) is 2.73. The van der Waals surface area contributed by atoms with Crippen LogP contribution in [0.4, 0.5) is 4.39 Å². The Morgan fingerprint density at radius 1 is 1.22 bits per heavy atom. The first kappa shape index (κ1) is 23.1. The molecule has 0 aromatic heterocycles. The summed E-state index contributed by atoms with van der Waals surface area (Å²) in [6.07, 6.45) is 6.09. The van der Waals surface area contributed by atoms with E-state index in [1.807, 2.05) is 27.7 Å². The first-order valence-corrected chi connectivity index (χ1v) is 12.0. The van der Waals surface area contributed by atoms with Crippen LogP contribution in [0.15, 0.2) is 23.8 Å². The van der Waals surface area contributed by atoms with Crippen molar-refractivity contribution in [2.24, 2.45) is 40.4 Å². The summed E-state index contributed by atoms with van der Waals surface area (Å²) in [5.74, 6) is -2.43. The average molecular weight is 444 g/mol.